The third-order valence-electron chi connectivity index (χ3n) is 4.95. The van der Waals surface area contributed by atoms with Crippen LogP contribution in [0.4, 0.5) is 0 Å². The van der Waals surface area contributed by atoms with E-state index in [-0.39, 0.29) is 11.4 Å². The van der Waals surface area contributed by atoms with Gasteiger partial charge in [0.2, 0.25) is 0 Å². The summed E-state index contributed by atoms with van der Waals surface area (Å²) in [7, 11) is 0. The molecule has 118 valence electrons. The molecule has 0 unspecified atom stereocenters. The summed E-state index contributed by atoms with van der Waals surface area (Å²) in [4.78, 5) is 15.1. The third-order valence-corrected chi connectivity index (χ3v) is 5.20. The molecule has 22 heavy (non-hydrogen) atoms. The van der Waals surface area contributed by atoms with Crippen LogP contribution >= 0.6 is 11.6 Å². The van der Waals surface area contributed by atoms with Crippen LogP contribution in [-0.4, -0.2) is 41.6 Å². The summed E-state index contributed by atoms with van der Waals surface area (Å²) >= 11 is 5.88. The first kappa shape index (κ1) is 14.3. The lowest BCUT2D eigenvalue weighted by atomic mass is 10.1. The Morgan fingerprint density at radius 2 is 1.86 bits per heavy atom. The molecule has 0 bridgehead atoms. The molecule has 1 amide bonds. The average molecular weight is 321 g/mol. The summed E-state index contributed by atoms with van der Waals surface area (Å²) in [6.45, 7) is 3.34. The number of hydrogen-bond acceptors (Lipinski definition) is 3. The highest BCUT2D eigenvalue weighted by Gasteiger charge is 2.57. The smallest absolute Gasteiger partial charge is 0.264 e. The van der Waals surface area contributed by atoms with Crippen molar-refractivity contribution in [2.24, 2.45) is 0 Å². The Kier molecular flexibility index (Phi) is 3.35. The van der Waals surface area contributed by atoms with Crippen LogP contribution in [-0.2, 0) is 4.79 Å². The van der Waals surface area contributed by atoms with Gasteiger partial charge in [-0.25, -0.2) is 0 Å². The number of halogens is 1. The first-order chi connectivity index (χ1) is 10.6. The normalized spacial score (nSPS) is 24.2. The Morgan fingerprint density at radius 1 is 1.18 bits per heavy atom. The first-order valence-corrected chi connectivity index (χ1v) is 8.47. The van der Waals surface area contributed by atoms with E-state index in [2.05, 4.69) is 10.2 Å². The fourth-order valence-corrected chi connectivity index (χ4v) is 3.14. The van der Waals surface area contributed by atoms with Gasteiger partial charge < -0.3 is 15.0 Å². The summed E-state index contributed by atoms with van der Waals surface area (Å²) in [6, 6.07) is 7.22. The zero-order valence-corrected chi connectivity index (χ0v) is 13.4. The Bertz CT molecular complexity index is 575. The standard InChI is InChI=1S/C17H21ClN2O2/c18-13-2-4-14(5-3-13)22-17(8-9-17)15(21)19-16(6-7-16)12-20-10-1-11-20/h2-5H,1,6-12H2,(H,19,21). The van der Waals surface area contributed by atoms with E-state index < -0.39 is 5.60 Å². The maximum absolute atomic E-state index is 12.7. The quantitative estimate of drug-likeness (QED) is 0.876. The molecule has 1 saturated heterocycles. The average Bonchev–Trinajstić information content (AvgIpc) is 3.35. The molecule has 0 aromatic heterocycles. The van der Waals surface area contributed by atoms with E-state index in [9.17, 15) is 4.79 Å². The minimum atomic E-state index is -0.654. The van der Waals surface area contributed by atoms with Gasteiger partial charge in [-0.15, -0.1) is 0 Å². The number of rotatable bonds is 6. The SMILES string of the molecule is O=C(NC1(CN2CCC2)CC1)C1(Oc2ccc(Cl)cc2)CC1. The lowest BCUT2D eigenvalue weighted by Gasteiger charge is -2.35. The van der Waals surface area contributed by atoms with Crippen molar-refractivity contribution < 1.29 is 9.53 Å². The van der Waals surface area contributed by atoms with Crippen LogP contribution in [0.1, 0.15) is 32.1 Å². The number of benzene rings is 1. The van der Waals surface area contributed by atoms with Crippen molar-refractivity contribution in [3.8, 4) is 5.75 Å². The largest absolute Gasteiger partial charge is 0.477 e. The number of carbonyl (C=O) groups excluding carboxylic acids is 1. The van der Waals surface area contributed by atoms with Gasteiger partial charge in [0.25, 0.3) is 5.91 Å². The van der Waals surface area contributed by atoms with Gasteiger partial charge in [0.15, 0.2) is 5.60 Å². The van der Waals surface area contributed by atoms with Gasteiger partial charge in [-0.05, 0) is 56.6 Å². The van der Waals surface area contributed by atoms with Crippen molar-refractivity contribution in [3.05, 3.63) is 29.3 Å². The van der Waals surface area contributed by atoms with Crippen LogP contribution in [0, 0.1) is 0 Å². The number of likely N-dealkylation sites (tertiary alicyclic amines) is 1. The monoisotopic (exact) mass is 320 g/mol. The molecule has 3 fully saturated rings. The first-order valence-electron chi connectivity index (χ1n) is 8.09. The zero-order valence-electron chi connectivity index (χ0n) is 12.6. The van der Waals surface area contributed by atoms with Crippen LogP contribution in [0.5, 0.6) is 5.75 Å². The summed E-state index contributed by atoms with van der Waals surface area (Å²) in [5, 5.41) is 3.94. The van der Waals surface area contributed by atoms with Crippen molar-refractivity contribution in [3.63, 3.8) is 0 Å². The highest BCUT2D eigenvalue weighted by atomic mass is 35.5. The Balaban J connectivity index is 1.38. The van der Waals surface area contributed by atoms with Gasteiger partial charge in [0.05, 0.1) is 5.54 Å². The number of hydrogen-bond donors (Lipinski definition) is 1. The second kappa shape index (κ2) is 5.14. The van der Waals surface area contributed by atoms with Crippen LogP contribution in [0.2, 0.25) is 5.02 Å². The molecule has 1 N–H and O–H groups in total. The third kappa shape index (κ3) is 2.82. The van der Waals surface area contributed by atoms with E-state index in [4.69, 9.17) is 16.3 Å². The number of ether oxygens (including phenoxy) is 1. The van der Waals surface area contributed by atoms with Gasteiger partial charge in [-0.3, -0.25) is 4.79 Å². The summed E-state index contributed by atoms with van der Waals surface area (Å²) in [5.41, 5.74) is -0.644. The van der Waals surface area contributed by atoms with Crippen molar-refractivity contribution in [1.29, 1.82) is 0 Å². The predicted octanol–water partition coefficient (Wildman–Crippen LogP) is 2.61. The Morgan fingerprint density at radius 3 is 2.36 bits per heavy atom. The zero-order chi connectivity index (χ0) is 15.2. The molecular weight excluding hydrogens is 300 g/mol. The predicted molar refractivity (Wildman–Crippen MR) is 85.2 cm³/mol. The van der Waals surface area contributed by atoms with Crippen molar-refractivity contribution in [1.82, 2.24) is 10.2 Å². The summed E-state index contributed by atoms with van der Waals surface area (Å²) < 4.78 is 5.96. The minimum absolute atomic E-state index is 0.0104. The lowest BCUT2D eigenvalue weighted by Crippen LogP contribution is -2.53. The van der Waals surface area contributed by atoms with Crippen LogP contribution in [0.15, 0.2) is 24.3 Å². The van der Waals surface area contributed by atoms with E-state index >= 15 is 0 Å². The molecule has 3 aliphatic rings. The van der Waals surface area contributed by atoms with Crippen LogP contribution in [0.25, 0.3) is 0 Å². The van der Waals surface area contributed by atoms with Gasteiger partial charge in [0, 0.05) is 24.4 Å². The number of amides is 1. The summed E-state index contributed by atoms with van der Waals surface area (Å²) in [6.07, 6.45) is 5.05. The molecule has 2 saturated carbocycles. The van der Waals surface area contributed by atoms with Gasteiger partial charge in [-0.2, -0.15) is 0 Å². The maximum Gasteiger partial charge on any atom is 0.264 e. The van der Waals surface area contributed by atoms with Crippen LogP contribution in [0.3, 0.4) is 0 Å². The van der Waals surface area contributed by atoms with Crippen LogP contribution < -0.4 is 10.1 Å². The topological polar surface area (TPSA) is 41.6 Å². The number of nitrogens with zero attached hydrogens (tertiary/aromatic N) is 1. The van der Waals surface area contributed by atoms with E-state index in [1.807, 2.05) is 12.1 Å². The number of nitrogens with one attached hydrogen (secondary N) is 1. The molecule has 2 aliphatic carbocycles. The molecular formula is C17H21ClN2O2. The number of carbonyl (C=O) groups is 1. The highest BCUT2D eigenvalue weighted by molar-refractivity contribution is 6.30. The fourth-order valence-electron chi connectivity index (χ4n) is 3.01. The second-order valence-corrected chi connectivity index (χ2v) is 7.35. The lowest BCUT2D eigenvalue weighted by molar-refractivity contribution is -0.131. The molecule has 4 rings (SSSR count). The van der Waals surface area contributed by atoms with E-state index in [1.165, 1.54) is 19.5 Å². The van der Waals surface area contributed by atoms with E-state index in [0.29, 0.717) is 10.8 Å². The van der Waals surface area contributed by atoms with E-state index in [1.54, 1.807) is 12.1 Å². The second-order valence-electron chi connectivity index (χ2n) is 6.91. The summed E-state index contributed by atoms with van der Waals surface area (Å²) in [5.74, 6) is 0.769. The molecule has 1 aromatic rings. The van der Waals surface area contributed by atoms with E-state index in [0.717, 1.165) is 32.2 Å². The molecule has 0 spiro atoms. The Labute approximate surface area is 135 Å². The highest BCUT2D eigenvalue weighted by Crippen LogP contribution is 2.44. The maximum atomic E-state index is 12.7. The van der Waals surface area contributed by atoms with Gasteiger partial charge in [0.1, 0.15) is 5.75 Å². The molecule has 5 heteroatoms. The minimum Gasteiger partial charge on any atom is -0.477 e. The molecule has 1 heterocycles. The molecule has 1 aliphatic heterocycles. The Hall–Kier alpha value is -1.26. The fraction of sp³-hybridized carbons (Fsp3) is 0.588. The van der Waals surface area contributed by atoms with Gasteiger partial charge >= 0.3 is 0 Å². The molecule has 0 atom stereocenters. The van der Waals surface area contributed by atoms with Crippen molar-refractivity contribution >= 4 is 17.5 Å². The molecule has 0 radical (unpaired) electrons. The molecule has 1 aromatic carbocycles. The van der Waals surface area contributed by atoms with Gasteiger partial charge in [-0.1, -0.05) is 11.6 Å². The van der Waals surface area contributed by atoms with Crippen molar-refractivity contribution in [2.45, 2.75) is 43.2 Å². The van der Waals surface area contributed by atoms with Crippen molar-refractivity contribution in [2.75, 3.05) is 19.6 Å². The molecule has 4 nitrogen and oxygen atoms in total.